The number of aryl methyl sites for hydroxylation is 1. The molecular formula is C25H29FN2O3. The van der Waals surface area contributed by atoms with Gasteiger partial charge in [0.15, 0.2) is 11.6 Å². The van der Waals surface area contributed by atoms with Crippen LogP contribution < -0.4 is 9.47 Å². The first-order valence-electron chi connectivity index (χ1n) is 10.9. The number of nitrogens with zero attached hydrogens (tertiary/aromatic N) is 2. The summed E-state index contributed by atoms with van der Waals surface area (Å²) in [6.45, 7) is 7.65. The molecule has 0 aliphatic carbocycles. The van der Waals surface area contributed by atoms with Gasteiger partial charge in [0.25, 0.3) is 0 Å². The third-order valence-corrected chi connectivity index (χ3v) is 5.60. The third-order valence-electron chi connectivity index (χ3n) is 5.60. The van der Waals surface area contributed by atoms with Crippen molar-refractivity contribution >= 4 is 0 Å². The molecule has 0 saturated carbocycles. The van der Waals surface area contributed by atoms with E-state index in [0.29, 0.717) is 30.8 Å². The van der Waals surface area contributed by atoms with Gasteiger partial charge in [0.05, 0.1) is 24.5 Å². The Hall–Kier alpha value is -2.86. The van der Waals surface area contributed by atoms with Crippen molar-refractivity contribution in [2.24, 2.45) is 5.92 Å². The highest BCUT2D eigenvalue weighted by atomic mass is 19.1. The van der Waals surface area contributed by atoms with E-state index >= 15 is 0 Å². The Kier molecular flexibility index (Phi) is 6.87. The maximum absolute atomic E-state index is 13.8. The van der Waals surface area contributed by atoms with Gasteiger partial charge in [-0.1, -0.05) is 24.3 Å². The predicted molar refractivity (Wildman–Crippen MR) is 118 cm³/mol. The molecule has 1 unspecified atom stereocenters. The second-order valence-electron chi connectivity index (χ2n) is 7.94. The predicted octanol–water partition coefficient (Wildman–Crippen LogP) is 5.48. The van der Waals surface area contributed by atoms with Gasteiger partial charge in [-0.2, -0.15) is 0 Å². The number of rotatable bonds is 8. The van der Waals surface area contributed by atoms with Crippen LogP contribution in [0.3, 0.4) is 0 Å². The largest absolute Gasteiger partial charge is 0.493 e. The molecule has 2 aromatic carbocycles. The summed E-state index contributed by atoms with van der Waals surface area (Å²) in [5.41, 5.74) is 1.81. The van der Waals surface area contributed by atoms with E-state index in [1.807, 2.05) is 38.1 Å². The van der Waals surface area contributed by atoms with Crippen LogP contribution in [0.4, 0.5) is 4.39 Å². The number of benzene rings is 2. The number of ether oxygens (including phenoxy) is 2. The van der Waals surface area contributed by atoms with Crippen molar-refractivity contribution in [3.8, 4) is 23.0 Å². The van der Waals surface area contributed by atoms with Gasteiger partial charge in [0.1, 0.15) is 11.5 Å². The van der Waals surface area contributed by atoms with Gasteiger partial charge in [-0.25, -0.2) is 9.37 Å². The smallest absolute Gasteiger partial charge is 0.230 e. The van der Waals surface area contributed by atoms with Crippen LogP contribution in [0.25, 0.3) is 11.5 Å². The van der Waals surface area contributed by atoms with Gasteiger partial charge in [-0.3, -0.25) is 4.90 Å². The zero-order valence-corrected chi connectivity index (χ0v) is 18.1. The number of aromatic nitrogens is 1. The van der Waals surface area contributed by atoms with Crippen molar-refractivity contribution in [1.82, 2.24) is 9.88 Å². The van der Waals surface area contributed by atoms with Crippen LogP contribution in [0.15, 0.2) is 52.9 Å². The molecule has 1 fully saturated rings. The summed E-state index contributed by atoms with van der Waals surface area (Å²) >= 11 is 0. The Bertz CT molecular complexity index is 1000. The molecule has 31 heavy (non-hydrogen) atoms. The maximum atomic E-state index is 13.8. The van der Waals surface area contributed by atoms with Crippen molar-refractivity contribution in [3.05, 3.63) is 65.8 Å². The number of para-hydroxylation sites is 2. The molecule has 6 heteroatoms. The third kappa shape index (κ3) is 5.25. The maximum Gasteiger partial charge on any atom is 0.230 e. The van der Waals surface area contributed by atoms with Crippen LogP contribution in [-0.2, 0) is 6.54 Å². The fraction of sp³-hybridized carbons (Fsp3) is 0.400. The zero-order chi connectivity index (χ0) is 21.6. The van der Waals surface area contributed by atoms with Crippen LogP contribution in [0, 0.1) is 18.7 Å². The highest BCUT2D eigenvalue weighted by Gasteiger charge is 2.23. The van der Waals surface area contributed by atoms with Crippen LogP contribution in [-0.4, -0.2) is 36.2 Å². The van der Waals surface area contributed by atoms with E-state index in [-0.39, 0.29) is 5.82 Å². The molecule has 0 N–H and O–H groups in total. The first-order chi connectivity index (χ1) is 15.1. The van der Waals surface area contributed by atoms with Crippen molar-refractivity contribution in [2.75, 3.05) is 26.3 Å². The molecule has 1 aliphatic rings. The molecule has 0 amide bonds. The Morgan fingerprint density at radius 3 is 2.68 bits per heavy atom. The summed E-state index contributed by atoms with van der Waals surface area (Å²) in [7, 11) is 0. The number of piperidine rings is 1. The zero-order valence-electron chi connectivity index (χ0n) is 18.1. The molecule has 3 aromatic rings. The number of likely N-dealkylation sites (tertiary alicyclic amines) is 1. The highest BCUT2D eigenvalue weighted by molar-refractivity contribution is 5.63. The fourth-order valence-electron chi connectivity index (χ4n) is 4.03. The monoisotopic (exact) mass is 424 g/mol. The number of halogens is 1. The van der Waals surface area contributed by atoms with E-state index < -0.39 is 0 Å². The molecule has 2 heterocycles. The normalized spacial score (nSPS) is 16.9. The Labute approximate surface area is 182 Å². The molecule has 0 radical (unpaired) electrons. The quantitative estimate of drug-likeness (QED) is 0.479. The van der Waals surface area contributed by atoms with E-state index in [0.717, 1.165) is 55.2 Å². The lowest BCUT2D eigenvalue weighted by Gasteiger charge is -2.32. The Morgan fingerprint density at radius 1 is 1.10 bits per heavy atom. The van der Waals surface area contributed by atoms with Gasteiger partial charge in [-0.05, 0) is 57.5 Å². The molecule has 1 aromatic heterocycles. The minimum absolute atomic E-state index is 0.312. The summed E-state index contributed by atoms with van der Waals surface area (Å²) < 4.78 is 31.3. The summed E-state index contributed by atoms with van der Waals surface area (Å²) in [6.07, 6.45) is 2.16. The topological polar surface area (TPSA) is 47.7 Å². The summed E-state index contributed by atoms with van der Waals surface area (Å²) in [5, 5.41) is 0. The van der Waals surface area contributed by atoms with Gasteiger partial charge < -0.3 is 13.9 Å². The summed E-state index contributed by atoms with van der Waals surface area (Å²) in [6, 6.07) is 14.4. The van der Waals surface area contributed by atoms with Crippen molar-refractivity contribution < 1.29 is 18.3 Å². The second kappa shape index (κ2) is 9.96. The fourth-order valence-corrected chi connectivity index (χ4v) is 4.03. The molecule has 1 saturated heterocycles. The average molecular weight is 425 g/mol. The lowest BCUT2D eigenvalue weighted by molar-refractivity contribution is 0.122. The van der Waals surface area contributed by atoms with Gasteiger partial charge >= 0.3 is 0 Å². The van der Waals surface area contributed by atoms with E-state index in [1.54, 1.807) is 18.2 Å². The molecule has 0 bridgehead atoms. The van der Waals surface area contributed by atoms with Crippen LogP contribution in [0.1, 0.15) is 31.2 Å². The van der Waals surface area contributed by atoms with Crippen LogP contribution in [0.2, 0.25) is 0 Å². The van der Waals surface area contributed by atoms with Gasteiger partial charge in [0, 0.05) is 19.0 Å². The number of oxazole rings is 1. The van der Waals surface area contributed by atoms with E-state index in [9.17, 15) is 4.39 Å². The minimum Gasteiger partial charge on any atom is -0.493 e. The van der Waals surface area contributed by atoms with Crippen LogP contribution >= 0.6 is 0 Å². The summed E-state index contributed by atoms with van der Waals surface area (Å²) in [4.78, 5) is 7.16. The van der Waals surface area contributed by atoms with Crippen molar-refractivity contribution in [2.45, 2.75) is 33.2 Å². The summed E-state index contributed by atoms with van der Waals surface area (Å²) in [5.74, 6) is 2.57. The first kappa shape index (κ1) is 21.4. The molecule has 0 spiro atoms. The molecule has 164 valence electrons. The molecular weight excluding hydrogens is 395 g/mol. The molecule has 1 atom stereocenters. The first-order valence-corrected chi connectivity index (χ1v) is 10.9. The molecule has 4 rings (SSSR count). The SMILES string of the molecule is CCOc1ccccc1-c1nc(CN2CCCC(COc3ccccc3F)C2)c(C)o1. The lowest BCUT2D eigenvalue weighted by atomic mass is 9.99. The van der Waals surface area contributed by atoms with Crippen molar-refractivity contribution in [3.63, 3.8) is 0 Å². The molecule has 5 nitrogen and oxygen atoms in total. The van der Waals surface area contributed by atoms with Crippen LogP contribution in [0.5, 0.6) is 11.5 Å². The Balaban J connectivity index is 1.40. The van der Waals surface area contributed by atoms with E-state index in [2.05, 4.69) is 4.90 Å². The number of hydrogen-bond acceptors (Lipinski definition) is 5. The van der Waals surface area contributed by atoms with Crippen molar-refractivity contribution in [1.29, 1.82) is 0 Å². The lowest BCUT2D eigenvalue weighted by Crippen LogP contribution is -2.37. The van der Waals surface area contributed by atoms with E-state index in [4.69, 9.17) is 18.9 Å². The molecule has 1 aliphatic heterocycles. The van der Waals surface area contributed by atoms with E-state index in [1.165, 1.54) is 6.07 Å². The number of hydrogen-bond donors (Lipinski definition) is 0. The standard InChI is InChI=1S/C25H29FN2O3/c1-3-29-23-12-6-4-10-20(23)25-27-22(18(2)31-25)16-28-14-8-9-19(15-28)17-30-24-13-7-5-11-21(24)26/h4-7,10-13,19H,3,8-9,14-17H2,1-2H3. The minimum atomic E-state index is -0.312. The Morgan fingerprint density at radius 2 is 1.87 bits per heavy atom. The second-order valence-corrected chi connectivity index (χ2v) is 7.94. The van der Waals surface area contributed by atoms with Gasteiger partial charge in [0.2, 0.25) is 5.89 Å². The average Bonchev–Trinajstić information content (AvgIpc) is 3.14. The highest BCUT2D eigenvalue weighted by Crippen LogP contribution is 2.31. The van der Waals surface area contributed by atoms with Gasteiger partial charge in [-0.15, -0.1) is 0 Å².